The number of rotatable bonds is 4. The van der Waals surface area contributed by atoms with E-state index in [4.69, 9.17) is 0 Å². The van der Waals surface area contributed by atoms with E-state index >= 15 is 0 Å². The van der Waals surface area contributed by atoms with Gasteiger partial charge in [0.15, 0.2) is 0 Å². The maximum absolute atomic E-state index is 3.38. The first-order chi connectivity index (χ1) is 5.88. The summed E-state index contributed by atoms with van der Waals surface area (Å²) in [5.74, 6) is 1.21. The van der Waals surface area contributed by atoms with Crippen LogP contribution in [0.3, 0.4) is 0 Å². The highest BCUT2D eigenvalue weighted by molar-refractivity contribution is 7.98. The van der Waals surface area contributed by atoms with Crippen molar-refractivity contribution in [2.24, 2.45) is 0 Å². The lowest BCUT2D eigenvalue weighted by Gasteiger charge is -2.21. The van der Waals surface area contributed by atoms with Crippen LogP contribution in [-0.2, 0) is 0 Å². The van der Waals surface area contributed by atoms with E-state index in [2.05, 4.69) is 24.7 Å². The SMILES string of the molecule is CNC(CSC)C1=CCCCC1. The monoisotopic (exact) mass is 185 g/mol. The molecule has 1 atom stereocenters. The number of nitrogens with one attached hydrogen (secondary N) is 1. The molecule has 0 amide bonds. The second kappa shape index (κ2) is 5.65. The molecule has 1 aliphatic carbocycles. The van der Waals surface area contributed by atoms with E-state index in [9.17, 15) is 0 Å². The normalized spacial score (nSPS) is 20.3. The highest BCUT2D eigenvalue weighted by Gasteiger charge is 2.12. The predicted octanol–water partition coefficient (Wildman–Crippen LogP) is 2.44. The van der Waals surface area contributed by atoms with Crippen LogP contribution in [0.15, 0.2) is 11.6 Å². The number of allylic oxidation sites excluding steroid dienone is 1. The molecule has 1 N–H and O–H groups in total. The van der Waals surface area contributed by atoms with Crippen LogP contribution in [-0.4, -0.2) is 25.1 Å². The minimum Gasteiger partial charge on any atom is -0.313 e. The van der Waals surface area contributed by atoms with Gasteiger partial charge in [0.2, 0.25) is 0 Å². The van der Waals surface area contributed by atoms with Crippen LogP contribution in [0.4, 0.5) is 0 Å². The Kier molecular flexibility index (Phi) is 4.77. The second-order valence-corrected chi connectivity index (χ2v) is 4.23. The molecule has 0 aromatic carbocycles. The smallest absolute Gasteiger partial charge is 0.0368 e. The van der Waals surface area contributed by atoms with Gasteiger partial charge in [0, 0.05) is 11.8 Å². The van der Waals surface area contributed by atoms with E-state index in [1.165, 1.54) is 31.4 Å². The van der Waals surface area contributed by atoms with Crippen molar-refractivity contribution in [3.8, 4) is 0 Å². The number of hydrogen-bond donors (Lipinski definition) is 1. The summed E-state index contributed by atoms with van der Waals surface area (Å²) in [5.41, 5.74) is 1.64. The number of likely N-dealkylation sites (N-methyl/N-ethyl adjacent to an activating group) is 1. The maximum Gasteiger partial charge on any atom is 0.0368 e. The zero-order valence-corrected chi connectivity index (χ0v) is 8.91. The van der Waals surface area contributed by atoms with Crippen LogP contribution in [0, 0.1) is 0 Å². The summed E-state index contributed by atoms with van der Waals surface area (Å²) < 4.78 is 0. The topological polar surface area (TPSA) is 12.0 Å². The highest BCUT2D eigenvalue weighted by atomic mass is 32.2. The Morgan fingerprint density at radius 2 is 2.42 bits per heavy atom. The molecule has 0 fully saturated rings. The largest absolute Gasteiger partial charge is 0.313 e. The molecule has 70 valence electrons. The fraction of sp³-hybridized carbons (Fsp3) is 0.800. The van der Waals surface area contributed by atoms with Gasteiger partial charge in [-0.3, -0.25) is 0 Å². The van der Waals surface area contributed by atoms with Gasteiger partial charge >= 0.3 is 0 Å². The van der Waals surface area contributed by atoms with Gasteiger partial charge in [-0.2, -0.15) is 11.8 Å². The standard InChI is InChI=1S/C10H19NS/c1-11-10(8-12-2)9-6-4-3-5-7-9/h6,10-11H,3-5,7-8H2,1-2H3. The lowest BCUT2D eigenvalue weighted by Crippen LogP contribution is -2.30. The lowest BCUT2D eigenvalue weighted by molar-refractivity contribution is 0.608. The molecule has 1 nitrogen and oxygen atoms in total. The van der Waals surface area contributed by atoms with E-state index in [1.54, 1.807) is 5.57 Å². The fourth-order valence-corrected chi connectivity index (χ4v) is 2.44. The molecule has 1 aliphatic rings. The summed E-state index contributed by atoms with van der Waals surface area (Å²) in [6.07, 6.45) is 9.99. The summed E-state index contributed by atoms with van der Waals surface area (Å²) in [6, 6.07) is 0.625. The summed E-state index contributed by atoms with van der Waals surface area (Å²) in [6.45, 7) is 0. The van der Waals surface area contributed by atoms with Gasteiger partial charge in [-0.25, -0.2) is 0 Å². The third-order valence-corrected chi connectivity index (χ3v) is 3.12. The van der Waals surface area contributed by atoms with Gasteiger partial charge < -0.3 is 5.32 Å². The van der Waals surface area contributed by atoms with E-state index in [1.807, 2.05) is 11.8 Å². The molecule has 0 heterocycles. The molecule has 0 saturated heterocycles. The van der Waals surface area contributed by atoms with Gasteiger partial charge in [-0.15, -0.1) is 0 Å². The molecule has 0 aromatic heterocycles. The fourth-order valence-electron chi connectivity index (χ4n) is 1.72. The molecule has 0 aromatic rings. The Hall–Kier alpha value is 0.0500. The van der Waals surface area contributed by atoms with Gasteiger partial charge in [-0.05, 0) is 39.0 Å². The molecule has 1 unspecified atom stereocenters. The molecule has 0 spiro atoms. The molecule has 1 rings (SSSR count). The van der Waals surface area contributed by atoms with Crippen LogP contribution in [0.5, 0.6) is 0 Å². The minimum absolute atomic E-state index is 0.625. The van der Waals surface area contributed by atoms with Gasteiger partial charge in [0.05, 0.1) is 0 Å². The van der Waals surface area contributed by atoms with Crippen molar-refractivity contribution in [3.05, 3.63) is 11.6 Å². The summed E-state index contributed by atoms with van der Waals surface area (Å²) in [5, 5.41) is 3.38. The average Bonchev–Trinajstić information content (AvgIpc) is 2.15. The van der Waals surface area contributed by atoms with Crippen molar-refractivity contribution >= 4 is 11.8 Å². The predicted molar refractivity (Wildman–Crippen MR) is 57.8 cm³/mol. The third-order valence-electron chi connectivity index (χ3n) is 2.46. The van der Waals surface area contributed by atoms with Crippen molar-refractivity contribution in [1.82, 2.24) is 5.32 Å². The molecular weight excluding hydrogens is 166 g/mol. The Morgan fingerprint density at radius 1 is 1.58 bits per heavy atom. The van der Waals surface area contributed by atoms with Gasteiger partial charge in [0.1, 0.15) is 0 Å². The Bertz CT molecular complexity index is 154. The first-order valence-corrected chi connectivity index (χ1v) is 6.13. The molecule has 0 radical (unpaired) electrons. The molecule has 12 heavy (non-hydrogen) atoms. The molecule has 2 heteroatoms. The second-order valence-electron chi connectivity index (χ2n) is 3.32. The first kappa shape index (κ1) is 10.1. The number of hydrogen-bond acceptors (Lipinski definition) is 2. The quantitative estimate of drug-likeness (QED) is 0.675. The van der Waals surface area contributed by atoms with Crippen LogP contribution in [0.2, 0.25) is 0 Å². The van der Waals surface area contributed by atoms with Crippen molar-refractivity contribution in [1.29, 1.82) is 0 Å². The number of thioether (sulfide) groups is 1. The van der Waals surface area contributed by atoms with E-state index in [-0.39, 0.29) is 0 Å². The van der Waals surface area contributed by atoms with Crippen molar-refractivity contribution in [2.45, 2.75) is 31.7 Å². The third kappa shape index (κ3) is 2.83. The zero-order chi connectivity index (χ0) is 8.81. The molecular formula is C10H19NS. The Morgan fingerprint density at radius 3 is 2.92 bits per heavy atom. The van der Waals surface area contributed by atoms with Crippen LogP contribution < -0.4 is 5.32 Å². The summed E-state index contributed by atoms with van der Waals surface area (Å²) in [7, 11) is 2.07. The van der Waals surface area contributed by atoms with Crippen molar-refractivity contribution in [2.75, 3.05) is 19.1 Å². The van der Waals surface area contributed by atoms with Crippen LogP contribution >= 0.6 is 11.8 Å². The van der Waals surface area contributed by atoms with Crippen LogP contribution in [0.25, 0.3) is 0 Å². The minimum atomic E-state index is 0.625. The first-order valence-electron chi connectivity index (χ1n) is 4.73. The van der Waals surface area contributed by atoms with E-state index in [0.717, 1.165) is 0 Å². The zero-order valence-electron chi connectivity index (χ0n) is 8.10. The van der Waals surface area contributed by atoms with E-state index < -0.39 is 0 Å². The lowest BCUT2D eigenvalue weighted by atomic mass is 9.95. The average molecular weight is 185 g/mol. The van der Waals surface area contributed by atoms with Crippen LogP contribution in [0.1, 0.15) is 25.7 Å². The highest BCUT2D eigenvalue weighted by Crippen LogP contribution is 2.21. The Labute approximate surface area is 80.0 Å². The molecule has 0 saturated carbocycles. The summed E-state index contributed by atoms with van der Waals surface area (Å²) >= 11 is 1.92. The van der Waals surface area contributed by atoms with E-state index in [0.29, 0.717) is 6.04 Å². The van der Waals surface area contributed by atoms with Gasteiger partial charge in [0.25, 0.3) is 0 Å². The maximum atomic E-state index is 3.38. The molecule has 0 aliphatic heterocycles. The van der Waals surface area contributed by atoms with Crippen molar-refractivity contribution < 1.29 is 0 Å². The molecule has 0 bridgehead atoms. The van der Waals surface area contributed by atoms with Crippen molar-refractivity contribution in [3.63, 3.8) is 0 Å². The van der Waals surface area contributed by atoms with Gasteiger partial charge in [-0.1, -0.05) is 11.6 Å². The Balaban J connectivity index is 2.45. The summed E-state index contributed by atoms with van der Waals surface area (Å²) in [4.78, 5) is 0.